The van der Waals surface area contributed by atoms with Crippen molar-refractivity contribution >= 4 is 35.1 Å². The van der Waals surface area contributed by atoms with E-state index in [9.17, 15) is 9.59 Å². The first kappa shape index (κ1) is 23.8. The second-order valence-corrected chi connectivity index (χ2v) is 10.9. The van der Waals surface area contributed by atoms with E-state index in [0.29, 0.717) is 11.8 Å². The van der Waals surface area contributed by atoms with Crippen molar-refractivity contribution < 1.29 is 14.3 Å². The first-order valence-electron chi connectivity index (χ1n) is 12.6. The van der Waals surface area contributed by atoms with Crippen LogP contribution in [0.4, 0.5) is 16.2 Å². The number of benzene rings is 2. The summed E-state index contributed by atoms with van der Waals surface area (Å²) < 4.78 is 5.97. The van der Waals surface area contributed by atoms with Gasteiger partial charge < -0.3 is 20.7 Å². The summed E-state index contributed by atoms with van der Waals surface area (Å²) in [6.07, 6.45) is 3.51. The van der Waals surface area contributed by atoms with Gasteiger partial charge in [-0.2, -0.15) is 0 Å². The Morgan fingerprint density at radius 1 is 1.14 bits per heavy atom. The number of carbonyl (C=O) groups is 2. The third kappa shape index (κ3) is 4.53. The average Bonchev–Trinajstić information content (AvgIpc) is 3.25. The molecule has 1 saturated heterocycles. The molecule has 3 aliphatic heterocycles. The van der Waals surface area contributed by atoms with E-state index in [4.69, 9.17) is 4.74 Å². The van der Waals surface area contributed by atoms with Crippen LogP contribution in [0.2, 0.25) is 0 Å². The Hall–Kier alpha value is -3.56. The number of aromatic nitrogens is 1. The predicted molar refractivity (Wildman–Crippen MR) is 144 cm³/mol. The third-order valence-corrected chi connectivity index (χ3v) is 8.41. The number of rotatable bonds is 5. The highest BCUT2D eigenvalue weighted by Crippen LogP contribution is 2.51. The van der Waals surface area contributed by atoms with E-state index in [1.165, 1.54) is 11.8 Å². The van der Waals surface area contributed by atoms with Crippen LogP contribution in [0.5, 0.6) is 11.5 Å². The Morgan fingerprint density at radius 2 is 1.97 bits per heavy atom. The number of urea groups is 1. The first-order valence-corrected chi connectivity index (χ1v) is 13.5. The highest BCUT2D eigenvalue weighted by molar-refractivity contribution is 8.01. The van der Waals surface area contributed by atoms with E-state index in [2.05, 4.69) is 27.9 Å². The van der Waals surface area contributed by atoms with Crippen LogP contribution in [0.15, 0.2) is 65.8 Å². The molecule has 1 aromatic heterocycles. The van der Waals surface area contributed by atoms with Crippen LogP contribution in [-0.2, 0) is 4.79 Å². The van der Waals surface area contributed by atoms with Crippen molar-refractivity contribution in [2.75, 3.05) is 11.4 Å². The number of ether oxygens (including phenoxy) is 1. The third-order valence-electron chi connectivity index (χ3n) is 7.12. The minimum atomic E-state index is -0.456. The Bertz CT molecular complexity index is 1350. The number of piperidine rings is 1. The molecule has 37 heavy (non-hydrogen) atoms. The summed E-state index contributed by atoms with van der Waals surface area (Å²) >= 11 is 1.43. The zero-order valence-corrected chi connectivity index (χ0v) is 21.5. The summed E-state index contributed by atoms with van der Waals surface area (Å²) in [5.41, 5.74) is 3.31. The minimum Gasteiger partial charge on any atom is -0.457 e. The van der Waals surface area contributed by atoms with Crippen LogP contribution in [0.25, 0.3) is 0 Å². The molecule has 3 N–H and O–H groups in total. The molecule has 8 nitrogen and oxygen atoms in total. The normalized spacial score (nSPS) is 24.3. The van der Waals surface area contributed by atoms with Crippen LogP contribution in [0.1, 0.15) is 36.9 Å². The molecule has 4 atom stereocenters. The number of hydrogen-bond acceptors (Lipinski definition) is 6. The molecule has 3 aliphatic rings. The van der Waals surface area contributed by atoms with Gasteiger partial charge in [-0.05, 0) is 75.2 Å². The lowest BCUT2D eigenvalue weighted by atomic mass is 9.97. The summed E-state index contributed by atoms with van der Waals surface area (Å²) in [7, 11) is 0. The van der Waals surface area contributed by atoms with Crippen molar-refractivity contribution in [2.45, 2.75) is 55.1 Å². The second-order valence-electron chi connectivity index (χ2n) is 9.80. The van der Waals surface area contributed by atoms with Gasteiger partial charge in [0.15, 0.2) is 0 Å². The quantitative estimate of drug-likeness (QED) is 0.451. The average molecular weight is 516 g/mol. The van der Waals surface area contributed by atoms with Crippen molar-refractivity contribution in [2.24, 2.45) is 0 Å². The molecule has 2 aromatic carbocycles. The summed E-state index contributed by atoms with van der Waals surface area (Å²) in [5, 5.41) is 10.1. The highest BCUT2D eigenvalue weighted by atomic mass is 32.2. The van der Waals surface area contributed by atoms with Gasteiger partial charge in [-0.1, -0.05) is 30.0 Å². The molecule has 0 radical (unpaired) electrons. The monoisotopic (exact) mass is 515 g/mol. The first-order chi connectivity index (χ1) is 18.0. The summed E-state index contributed by atoms with van der Waals surface area (Å²) in [4.78, 5) is 33.1. The summed E-state index contributed by atoms with van der Waals surface area (Å²) in [6, 6.07) is 17.0. The summed E-state index contributed by atoms with van der Waals surface area (Å²) in [5.74, 6) is 1.40. The predicted octanol–water partition coefficient (Wildman–Crippen LogP) is 4.82. The standard InChI is InChI=1S/C28H29N5O3S/c1-16-14-20(36-19-6-4-3-5-7-19)8-9-21(16)33-22-11-13-30-27-23(22)24(32-28(33)35)25(37-27)26(34)31-18-10-12-29-17(2)15-18/h3-9,11,13-14,17-18,24-25,29H,10,12,15H2,1-2H3,(H,31,34)(H,32,35)/t17-,18?,24?,25?/m0/s1. The number of pyridine rings is 1. The molecule has 3 unspecified atom stereocenters. The maximum Gasteiger partial charge on any atom is 0.327 e. The molecule has 9 heteroatoms. The van der Waals surface area contributed by atoms with E-state index in [1.54, 1.807) is 11.1 Å². The Kier molecular flexibility index (Phi) is 6.26. The molecule has 0 saturated carbocycles. The molecular weight excluding hydrogens is 486 g/mol. The molecule has 0 spiro atoms. The number of para-hydroxylation sites is 1. The van der Waals surface area contributed by atoms with Gasteiger partial charge in [-0.3, -0.25) is 9.69 Å². The van der Waals surface area contributed by atoms with E-state index < -0.39 is 11.3 Å². The number of aryl methyl sites for hydroxylation is 1. The smallest absolute Gasteiger partial charge is 0.327 e. The van der Waals surface area contributed by atoms with Crippen LogP contribution < -0.4 is 25.6 Å². The minimum absolute atomic E-state index is 0.0506. The van der Waals surface area contributed by atoms with Crippen molar-refractivity contribution in [3.63, 3.8) is 0 Å². The van der Waals surface area contributed by atoms with Gasteiger partial charge in [0.1, 0.15) is 21.8 Å². The molecule has 0 bridgehead atoms. The number of nitrogens with one attached hydrogen (secondary N) is 3. The number of hydrogen-bond donors (Lipinski definition) is 3. The molecule has 3 aromatic rings. The zero-order chi connectivity index (χ0) is 25.5. The van der Waals surface area contributed by atoms with Gasteiger partial charge in [0.2, 0.25) is 5.91 Å². The number of carbonyl (C=O) groups excluding carboxylic acids is 2. The Labute approximate surface area is 220 Å². The van der Waals surface area contributed by atoms with Crippen LogP contribution in [-0.4, -0.2) is 40.8 Å². The Morgan fingerprint density at radius 3 is 2.76 bits per heavy atom. The maximum absolute atomic E-state index is 13.5. The topological polar surface area (TPSA) is 95.6 Å². The lowest BCUT2D eigenvalue weighted by Crippen LogP contribution is -2.52. The fourth-order valence-corrected chi connectivity index (χ4v) is 6.61. The van der Waals surface area contributed by atoms with Crippen LogP contribution >= 0.6 is 11.8 Å². The van der Waals surface area contributed by atoms with Gasteiger partial charge in [-0.25, -0.2) is 9.78 Å². The lowest BCUT2D eigenvalue weighted by Gasteiger charge is -2.35. The van der Waals surface area contributed by atoms with Crippen molar-refractivity contribution in [1.29, 1.82) is 0 Å². The Balaban J connectivity index is 1.26. The lowest BCUT2D eigenvalue weighted by molar-refractivity contribution is -0.121. The second kappa shape index (κ2) is 9.72. The molecule has 6 rings (SSSR count). The van der Waals surface area contributed by atoms with Gasteiger partial charge >= 0.3 is 6.03 Å². The molecule has 190 valence electrons. The zero-order valence-electron chi connectivity index (χ0n) is 20.7. The molecule has 0 aliphatic carbocycles. The largest absolute Gasteiger partial charge is 0.457 e. The number of amides is 3. The van der Waals surface area contributed by atoms with Gasteiger partial charge in [0.05, 0.1) is 17.4 Å². The van der Waals surface area contributed by atoms with E-state index in [0.717, 1.165) is 52.7 Å². The van der Waals surface area contributed by atoms with E-state index in [1.807, 2.05) is 61.5 Å². The highest BCUT2D eigenvalue weighted by Gasteiger charge is 2.47. The number of anilines is 2. The fourth-order valence-electron chi connectivity index (χ4n) is 5.38. The van der Waals surface area contributed by atoms with Crippen molar-refractivity contribution in [1.82, 2.24) is 20.9 Å². The van der Waals surface area contributed by atoms with Gasteiger partial charge in [0, 0.05) is 23.8 Å². The van der Waals surface area contributed by atoms with Crippen molar-refractivity contribution in [3.05, 3.63) is 71.9 Å². The molecule has 3 amide bonds. The van der Waals surface area contributed by atoms with Gasteiger partial charge in [-0.15, -0.1) is 0 Å². The molecule has 4 heterocycles. The molecular formula is C28H29N5O3S. The van der Waals surface area contributed by atoms with Gasteiger partial charge in [0.25, 0.3) is 0 Å². The van der Waals surface area contributed by atoms with E-state index in [-0.39, 0.29) is 18.0 Å². The van der Waals surface area contributed by atoms with Crippen molar-refractivity contribution in [3.8, 4) is 11.5 Å². The number of nitrogens with zero attached hydrogens (tertiary/aromatic N) is 2. The van der Waals surface area contributed by atoms with E-state index >= 15 is 0 Å². The molecule has 1 fully saturated rings. The summed E-state index contributed by atoms with van der Waals surface area (Å²) in [6.45, 7) is 4.98. The number of thioether (sulfide) groups is 1. The fraction of sp³-hybridized carbons (Fsp3) is 0.321. The maximum atomic E-state index is 13.5. The SMILES string of the molecule is Cc1cc(Oc2ccccc2)ccc1N1C(=O)NC2c3c1ccnc3SC2C(=O)NC1CCN[C@@H](C)C1. The van der Waals surface area contributed by atoms with Crippen LogP contribution in [0.3, 0.4) is 0 Å². The van der Waals surface area contributed by atoms with Crippen LogP contribution in [0, 0.1) is 6.92 Å².